The second-order valence-electron chi connectivity index (χ2n) is 3.91. The van der Waals surface area contributed by atoms with Crippen LogP contribution in [0.15, 0.2) is 43.0 Å². The molecule has 0 radical (unpaired) electrons. The molecule has 14 heavy (non-hydrogen) atoms. The molecule has 2 heteroatoms. The summed E-state index contributed by atoms with van der Waals surface area (Å²) in [4.78, 5) is 0. The zero-order valence-corrected chi connectivity index (χ0v) is 9.55. The highest BCUT2D eigenvalue weighted by atomic mass is 35.5. The Morgan fingerprint density at radius 1 is 1.29 bits per heavy atom. The Labute approximate surface area is 92.4 Å². The lowest BCUT2D eigenvalue weighted by Gasteiger charge is -2.28. The van der Waals surface area contributed by atoms with Crippen LogP contribution in [0.2, 0.25) is 0 Å². The summed E-state index contributed by atoms with van der Waals surface area (Å²) in [7, 11) is 0. The molecule has 78 valence electrons. The molecule has 1 aromatic carbocycles. The predicted octanol–water partition coefficient (Wildman–Crippen LogP) is 3.32. The van der Waals surface area contributed by atoms with Gasteiger partial charge in [0.25, 0.3) is 0 Å². The normalized spacial score (nSPS) is 12.8. The summed E-state index contributed by atoms with van der Waals surface area (Å²) in [5, 5.41) is 0. The summed E-state index contributed by atoms with van der Waals surface area (Å²) >= 11 is 0. The van der Waals surface area contributed by atoms with Crippen molar-refractivity contribution in [3.05, 3.63) is 48.6 Å². The van der Waals surface area contributed by atoms with Gasteiger partial charge in [-0.25, -0.2) is 0 Å². The van der Waals surface area contributed by atoms with Crippen molar-refractivity contribution in [2.75, 3.05) is 0 Å². The predicted molar refractivity (Wildman–Crippen MR) is 64.6 cm³/mol. The average Bonchev–Trinajstić information content (AvgIpc) is 2.18. The second-order valence-corrected chi connectivity index (χ2v) is 3.91. The molecule has 1 atom stereocenters. The topological polar surface area (TPSA) is 26.0 Å². The van der Waals surface area contributed by atoms with Crippen LogP contribution in [0, 0.1) is 5.41 Å². The number of hydrogen-bond donors (Lipinski definition) is 1. The van der Waals surface area contributed by atoms with Crippen LogP contribution in [0.25, 0.3) is 0 Å². The Morgan fingerprint density at radius 3 is 2.21 bits per heavy atom. The first kappa shape index (κ1) is 13.2. The molecule has 0 amide bonds. The SMILES string of the molecule is C=CC(C)(C)C(N)c1ccccc1.Cl. The van der Waals surface area contributed by atoms with Crippen LogP contribution in [0.5, 0.6) is 0 Å². The molecule has 0 bridgehead atoms. The molecule has 0 saturated heterocycles. The number of halogens is 1. The number of rotatable bonds is 3. The van der Waals surface area contributed by atoms with Gasteiger partial charge < -0.3 is 5.73 Å². The third-order valence-electron chi connectivity index (χ3n) is 2.49. The van der Waals surface area contributed by atoms with Crippen molar-refractivity contribution in [1.82, 2.24) is 0 Å². The molecule has 0 aromatic heterocycles. The van der Waals surface area contributed by atoms with Gasteiger partial charge in [-0.2, -0.15) is 0 Å². The number of nitrogens with two attached hydrogens (primary N) is 1. The minimum atomic E-state index is -0.0542. The van der Waals surface area contributed by atoms with Crippen molar-refractivity contribution in [2.45, 2.75) is 19.9 Å². The van der Waals surface area contributed by atoms with E-state index >= 15 is 0 Å². The maximum absolute atomic E-state index is 6.11. The summed E-state index contributed by atoms with van der Waals surface area (Å²) in [6, 6.07) is 10.1. The third kappa shape index (κ3) is 2.86. The van der Waals surface area contributed by atoms with Gasteiger partial charge in [0.2, 0.25) is 0 Å². The monoisotopic (exact) mass is 211 g/mol. The lowest BCUT2D eigenvalue weighted by molar-refractivity contribution is 0.381. The highest BCUT2D eigenvalue weighted by molar-refractivity contribution is 5.85. The fourth-order valence-electron chi connectivity index (χ4n) is 1.22. The zero-order chi connectivity index (χ0) is 9.90. The largest absolute Gasteiger partial charge is 0.323 e. The van der Waals surface area contributed by atoms with Crippen molar-refractivity contribution < 1.29 is 0 Å². The van der Waals surface area contributed by atoms with Crippen LogP contribution in [-0.4, -0.2) is 0 Å². The number of benzene rings is 1. The number of hydrogen-bond acceptors (Lipinski definition) is 1. The summed E-state index contributed by atoms with van der Waals surface area (Å²) in [6.07, 6.45) is 1.91. The van der Waals surface area contributed by atoms with Crippen molar-refractivity contribution in [1.29, 1.82) is 0 Å². The van der Waals surface area contributed by atoms with Gasteiger partial charge >= 0.3 is 0 Å². The van der Waals surface area contributed by atoms with E-state index in [1.807, 2.05) is 24.3 Å². The highest BCUT2D eigenvalue weighted by Crippen LogP contribution is 2.31. The van der Waals surface area contributed by atoms with Gasteiger partial charge in [-0.15, -0.1) is 19.0 Å². The Kier molecular flexibility index (Phi) is 4.89. The lowest BCUT2D eigenvalue weighted by atomic mass is 9.81. The molecule has 0 aliphatic carbocycles. The molecule has 0 aliphatic heterocycles. The van der Waals surface area contributed by atoms with E-state index in [-0.39, 0.29) is 23.9 Å². The van der Waals surface area contributed by atoms with E-state index in [1.54, 1.807) is 0 Å². The summed E-state index contributed by atoms with van der Waals surface area (Å²) < 4.78 is 0. The van der Waals surface area contributed by atoms with Gasteiger partial charge in [0.15, 0.2) is 0 Å². The maximum Gasteiger partial charge on any atom is 0.0381 e. The molecule has 0 heterocycles. The van der Waals surface area contributed by atoms with Crippen LogP contribution in [0.1, 0.15) is 25.5 Å². The fourth-order valence-corrected chi connectivity index (χ4v) is 1.22. The first-order valence-corrected chi connectivity index (χ1v) is 4.52. The molecule has 1 unspecified atom stereocenters. The van der Waals surface area contributed by atoms with Crippen molar-refractivity contribution >= 4 is 12.4 Å². The van der Waals surface area contributed by atoms with Gasteiger partial charge in [0, 0.05) is 11.5 Å². The van der Waals surface area contributed by atoms with Gasteiger partial charge in [-0.05, 0) is 5.56 Å². The zero-order valence-electron chi connectivity index (χ0n) is 8.73. The van der Waals surface area contributed by atoms with E-state index in [4.69, 9.17) is 5.73 Å². The van der Waals surface area contributed by atoms with Gasteiger partial charge in [0.05, 0.1) is 0 Å². The quantitative estimate of drug-likeness (QED) is 0.763. The summed E-state index contributed by atoms with van der Waals surface area (Å²) in [5.41, 5.74) is 7.22. The Morgan fingerprint density at radius 2 is 1.79 bits per heavy atom. The lowest BCUT2D eigenvalue weighted by Crippen LogP contribution is -2.27. The Hall–Kier alpha value is -0.790. The van der Waals surface area contributed by atoms with Crippen LogP contribution >= 0.6 is 12.4 Å². The van der Waals surface area contributed by atoms with Crippen LogP contribution in [-0.2, 0) is 0 Å². The van der Waals surface area contributed by atoms with Gasteiger partial charge in [0.1, 0.15) is 0 Å². The first-order valence-electron chi connectivity index (χ1n) is 4.52. The summed E-state index contributed by atoms with van der Waals surface area (Å²) in [6.45, 7) is 7.99. The molecule has 1 rings (SSSR count). The Balaban J connectivity index is 0.00000169. The van der Waals surface area contributed by atoms with E-state index in [2.05, 4.69) is 32.6 Å². The Bertz CT molecular complexity index is 280. The van der Waals surface area contributed by atoms with E-state index < -0.39 is 0 Å². The van der Waals surface area contributed by atoms with Gasteiger partial charge in [-0.1, -0.05) is 50.3 Å². The summed E-state index contributed by atoms with van der Waals surface area (Å²) in [5.74, 6) is 0. The van der Waals surface area contributed by atoms with Crippen molar-refractivity contribution in [2.24, 2.45) is 11.1 Å². The molecular formula is C12H18ClN. The molecule has 2 N–H and O–H groups in total. The minimum absolute atomic E-state index is 0. The molecular weight excluding hydrogens is 194 g/mol. The third-order valence-corrected chi connectivity index (χ3v) is 2.49. The van der Waals surface area contributed by atoms with Crippen LogP contribution in [0.4, 0.5) is 0 Å². The maximum atomic E-state index is 6.11. The van der Waals surface area contributed by atoms with E-state index in [9.17, 15) is 0 Å². The van der Waals surface area contributed by atoms with E-state index in [0.29, 0.717) is 0 Å². The molecule has 1 nitrogen and oxygen atoms in total. The molecule has 0 spiro atoms. The van der Waals surface area contributed by atoms with Crippen molar-refractivity contribution in [3.63, 3.8) is 0 Å². The van der Waals surface area contributed by atoms with Crippen LogP contribution in [0.3, 0.4) is 0 Å². The van der Waals surface area contributed by atoms with Gasteiger partial charge in [-0.3, -0.25) is 0 Å². The molecule has 0 aliphatic rings. The first-order chi connectivity index (χ1) is 6.08. The highest BCUT2D eigenvalue weighted by Gasteiger charge is 2.23. The van der Waals surface area contributed by atoms with Crippen LogP contribution < -0.4 is 5.73 Å². The van der Waals surface area contributed by atoms with Crippen molar-refractivity contribution in [3.8, 4) is 0 Å². The minimum Gasteiger partial charge on any atom is -0.323 e. The smallest absolute Gasteiger partial charge is 0.0381 e. The average molecular weight is 212 g/mol. The molecule has 0 saturated carbocycles. The van der Waals surface area contributed by atoms with E-state index in [1.165, 1.54) is 0 Å². The standard InChI is InChI=1S/C12H17N.ClH/c1-4-12(2,3)11(13)10-8-6-5-7-9-10;/h4-9,11H,1,13H2,2-3H3;1H. The van der Waals surface area contributed by atoms with E-state index in [0.717, 1.165) is 5.56 Å². The molecule has 0 fully saturated rings. The fraction of sp³-hybridized carbons (Fsp3) is 0.333. The second kappa shape index (κ2) is 5.18. The molecule has 1 aromatic rings.